The van der Waals surface area contributed by atoms with Gasteiger partial charge >= 0.3 is 0 Å². The third-order valence-corrected chi connectivity index (χ3v) is 4.39. The van der Waals surface area contributed by atoms with Gasteiger partial charge in [0, 0.05) is 35.1 Å². The van der Waals surface area contributed by atoms with E-state index in [-0.39, 0.29) is 17.5 Å². The van der Waals surface area contributed by atoms with Crippen molar-refractivity contribution in [3.8, 4) is 11.5 Å². The number of benzene rings is 2. The molecular formula is C19H17N3O2. The van der Waals surface area contributed by atoms with E-state index in [1.165, 1.54) is 11.6 Å². The number of fused-ring (bicyclic) bond motifs is 1. The molecule has 2 heterocycles. The summed E-state index contributed by atoms with van der Waals surface area (Å²) in [7, 11) is 0. The van der Waals surface area contributed by atoms with Gasteiger partial charge in [-0.1, -0.05) is 24.3 Å². The van der Waals surface area contributed by atoms with E-state index in [0.717, 1.165) is 22.0 Å². The SMILES string of the molecule is Cc1cccc2c(C(c3ccc(O)c(O)c3)n3ccnc3)c[nH]c12. The van der Waals surface area contributed by atoms with Gasteiger partial charge in [0.2, 0.25) is 0 Å². The second kappa shape index (κ2) is 5.45. The van der Waals surface area contributed by atoms with Crippen LogP contribution in [0.5, 0.6) is 11.5 Å². The summed E-state index contributed by atoms with van der Waals surface area (Å²) >= 11 is 0. The van der Waals surface area contributed by atoms with Gasteiger partial charge in [0.15, 0.2) is 11.5 Å². The molecule has 2 aromatic carbocycles. The number of imidazole rings is 1. The minimum atomic E-state index is -0.158. The second-order valence-corrected chi connectivity index (χ2v) is 5.90. The maximum Gasteiger partial charge on any atom is 0.157 e. The van der Waals surface area contributed by atoms with Crippen molar-refractivity contribution in [3.63, 3.8) is 0 Å². The van der Waals surface area contributed by atoms with Gasteiger partial charge in [0.25, 0.3) is 0 Å². The molecule has 24 heavy (non-hydrogen) atoms. The van der Waals surface area contributed by atoms with Gasteiger partial charge in [-0.25, -0.2) is 4.98 Å². The number of para-hydroxylation sites is 1. The summed E-state index contributed by atoms with van der Waals surface area (Å²) in [5.41, 5.74) is 4.22. The first kappa shape index (κ1) is 14.4. The molecule has 0 spiro atoms. The molecule has 5 nitrogen and oxygen atoms in total. The Morgan fingerprint density at radius 1 is 1.12 bits per heavy atom. The van der Waals surface area contributed by atoms with Crippen LogP contribution in [0.1, 0.15) is 22.7 Å². The Labute approximate surface area is 138 Å². The summed E-state index contributed by atoms with van der Waals surface area (Å²) in [6, 6.07) is 10.9. The first-order valence-corrected chi connectivity index (χ1v) is 7.71. The van der Waals surface area contributed by atoms with E-state index in [4.69, 9.17) is 0 Å². The molecule has 4 aromatic rings. The molecule has 0 bridgehead atoms. The third kappa shape index (κ3) is 2.22. The Bertz CT molecular complexity index is 1000. The molecule has 3 N–H and O–H groups in total. The monoisotopic (exact) mass is 319 g/mol. The Balaban J connectivity index is 1.96. The average Bonchev–Trinajstić information content (AvgIpc) is 3.23. The zero-order valence-electron chi connectivity index (χ0n) is 13.1. The van der Waals surface area contributed by atoms with Crippen molar-refractivity contribution >= 4 is 10.9 Å². The van der Waals surface area contributed by atoms with Crippen LogP contribution >= 0.6 is 0 Å². The molecule has 4 rings (SSSR count). The predicted octanol–water partition coefficient (Wildman–Crippen LogP) is 3.72. The number of aromatic hydroxyl groups is 2. The molecule has 0 aliphatic carbocycles. The summed E-state index contributed by atoms with van der Waals surface area (Å²) in [4.78, 5) is 7.51. The van der Waals surface area contributed by atoms with Gasteiger partial charge in [0.1, 0.15) is 0 Å². The Hall–Kier alpha value is -3.21. The Morgan fingerprint density at radius 3 is 2.75 bits per heavy atom. The van der Waals surface area contributed by atoms with Crippen molar-refractivity contribution in [2.45, 2.75) is 13.0 Å². The number of phenols is 2. The topological polar surface area (TPSA) is 74.1 Å². The van der Waals surface area contributed by atoms with Crippen LogP contribution in [0.3, 0.4) is 0 Å². The molecule has 1 unspecified atom stereocenters. The lowest BCUT2D eigenvalue weighted by Gasteiger charge is -2.19. The summed E-state index contributed by atoms with van der Waals surface area (Å²) in [6.07, 6.45) is 7.37. The van der Waals surface area contributed by atoms with Gasteiger partial charge in [0.05, 0.1) is 12.4 Å². The van der Waals surface area contributed by atoms with Gasteiger partial charge < -0.3 is 19.8 Å². The molecule has 2 aromatic heterocycles. The van der Waals surface area contributed by atoms with Crippen LogP contribution in [-0.4, -0.2) is 24.7 Å². The van der Waals surface area contributed by atoms with E-state index in [2.05, 4.69) is 29.0 Å². The number of hydrogen-bond donors (Lipinski definition) is 3. The number of aromatic nitrogens is 3. The smallest absolute Gasteiger partial charge is 0.157 e. The molecule has 120 valence electrons. The van der Waals surface area contributed by atoms with Crippen LogP contribution in [0.15, 0.2) is 61.3 Å². The largest absolute Gasteiger partial charge is 0.504 e. The lowest BCUT2D eigenvalue weighted by Crippen LogP contribution is -2.10. The molecule has 0 aliphatic heterocycles. The summed E-state index contributed by atoms with van der Waals surface area (Å²) in [5, 5.41) is 20.7. The van der Waals surface area contributed by atoms with Gasteiger partial charge in [-0.3, -0.25) is 0 Å². The molecule has 0 radical (unpaired) electrons. The second-order valence-electron chi connectivity index (χ2n) is 5.90. The molecule has 5 heteroatoms. The number of nitrogens with one attached hydrogen (secondary N) is 1. The van der Waals surface area contributed by atoms with Crippen LogP contribution in [-0.2, 0) is 0 Å². The third-order valence-electron chi connectivity index (χ3n) is 4.39. The van der Waals surface area contributed by atoms with Crippen molar-refractivity contribution in [2.75, 3.05) is 0 Å². The molecular weight excluding hydrogens is 302 g/mol. The molecule has 0 amide bonds. The highest BCUT2D eigenvalue weighted by Crippen LogP contribution is 2.36. The van der Waals surface area contributed by atoms with Gasteiger partial charge in [-0.15, -0.1) is 0 Å². The first-order valence-electron chi connectivity index (χ1n) is 7.71. The molecule has 1 atom stereocenters. The lowest BCUT2D eigenvalue weighted by molar-refractivity contribution is 0.402. The van der Waals surface area contributed by atoms with Crippen LogP contribution in [0, 0.1) is 6.92 Å². The average molecular weight is 319 g/mol. The number of nitrogens with zero attached hydrogens (tertiary/aromatic N) is 2. The highest BCUT2D eigenvalue weighted by atomic mass is 16.3. The van der Waals surface area contributed by atoms with E-state index in [0.29, 0.717) is 0 Å². The number of aromatic amines is 1. The number of phenolic OH excluding ortho intramolecular Hbond substituents is 2. The van der Waals surface area contributed by atoms with Gasteiger partial charge in [-0.2, -0.15) is 0 Å². The predicted molar refractivity (Wildman–Crippen MR) is 92.3 cm³/mol. The summed E-state index contributed by atoms with van der Waals surface area (Å²) in [6.45, 7) is 2.07. The minimum absolute atomic E-state index is 0.127. The quantitative estimate of drug-likeness (QED) is 0.504. The highest BCUT2D eigenvalue weighted by molar-refractivity contribution is 5.86. The number of rotatable bonds is 3. The van der Waals surface area contributed by atoms with Crippen LogP contribution in [0.4, 0.5) is 0 Å². The lowest BCUT2D eigenvalue weighted by atomic mass is 9.97. The van der Waals surface area contributed by atoms with E-state index in [9.17, 15) is 10.2 Å². The maximum absolute atomic E-state index is 9.92. The number of aryl methyl sites for hydroxylation is 1. The first-order chi connectivity index (χ1) is 11.6. The minimum Gasteiger partial charge on any atom is -0.504 e. The van der Waals surface area contributed by atoms with E-state index < -0.39 is 0 Å². The Kier molecular flexibility index (Phi) is 3.27. The number of H-pyrrole nitrogens is 1. The van der Waals surface area contributed by atoms with E-state index in [1.807, 2.05) is 29.1 Å². The van der Waals surface area contributed by atoms with E-state index >= 15 is 0 Å². The number of hydrogen-bond acceptors (Lipinski definition) is 3. The highest BCUT2D eigenvalue weighted by Gasteiger charge is 2.21. The van der Waals surface area contributed by atoms with Crippen molar-refractivity contribution < 1.29 is 10.2 Å². The fourth-order valence-electron chi connectivity index (χ4n) is 3.20. The zero-order chi connectivity index (χ0) is 16.7. The summed E-state index contributed by atoms with van der Waals surface area (Å²) in [5.74, 6) is -0.258. The van der Waals surface area contributed by atoms with Crippen molar-refractivity contribution in [2.24, 2.45) is 0 Å². The molecule has 0 aliphatic rings. The fourth-order valence-corrected chi connectivity index (χ4v) is 3.20. The standard InChI is InChI=1S/C19H17N3O2/c1-12-3-2-4-14-15(10-21-18(12)14)19(22-8-7-20-11-22)13-5-6-16(23)17(24)9-13/h2-11,19,21,23-24H,1H3. The Morgan fingerprint density at radius 2 is 2.00 bits per heavy atom. The van der Waals surface area contributed by atoms with Gasteiger partial charge in [-0.05, 0) is 30.2 Å². The van der Waals surface area contributed by atoms with E-state index in [1.54, 1.807) is 18.6 Å². The molecule has 0 fully saturated rings. The van der Waals surface area contributed by atoms with Crippen molar-refractivity contribution in [1.29, 1.82) is 0 Å². The maximum atomic E-state index is 9.92. The normalized spacial score (nSPS) is 12.5. The summed E-state index contributed by atoms with van der Waals surface area (Å²) < 4.78 is 1.98. The fraction of sp³-hybridized carbons (Fsp3) is 0.105. The van der Waals surface area contributed by atoms with Crippen molar-refractivity contribution in [1.82, 2.24) is 14.5 Å². The molecule has 0 saturated heterocycles. The van der Waals surface area contributed by atoms with Crippen molar-refractivity contribution in [3.05, 3.63) is 78.0 Å². The zero-order valence-corrected chi connectivity index (χ0v) is 13.1. The van der Waals surface area contributed by atoms with Crippen LogP contribution < -0.4 is 0 Å². The van der Waals surface area contributed by atoms with Crippen LogP contribution in [0.25, 0.3) is 10.9 Å². The molecule has 0 saturated carbocycles. The van der Waals surface area contributed by atoms with Crippen LogP contribution in [0.2, 0.25) is 0 Å².